The number of hydrogen-bond acceptors (Lipinski definition) is 2. The summed E-state index contributed by atoms with van der Waals surface area (Å²) in [5, 5.41) is 0.655. The van der Waals surface area contributed by atoms with E-state index in [2.05, 4.69) is 0 Å². The van der Waals surface area contributed by atoms with E-state index in [-0.39, 0.29) is 11.9 Å². The molecule has 0 bridgehead atoms. The van der Waals surface area contributed by atoms with Crippen LogP contribution in [0.15, 0.2) is 36.4 Å². The third-order valence-electron chi connectivity index (χ3n) is 3.09. The van der Waals surface area contributed by atoms with Crippen LogP contribution in [0.2, 0.25) is 5.02 Å². The van der Waals surface area contributed by atoms with E-state index in [9.17, 15) is 4.39 Å². The average Bonchev–Trinajstić information content (AvgIpc) is 2.36. The zero-order chi connectivity index (χ0) is 15.4. The average molecular weight is 308 g/mol. The van der Waals surface area contributed by atoms with Crippen LogP contribution < -0.4 is 10.5 Å². The monoisotopic (exact) mass is 307 g/mol. The van der Waals surface area contributed by atoms with Gasteiger partial charge in [-0.25, -0.2) is 4.39 Å². The van der Waals surface area contributed by atoms with Crippen LogP contribution in [0.3, 0.4) is 0 Å². The van der Waals surface area contributed by atoms with E-state index in [1.807, 2.05) is 38.1 Å². The van der Waals surface area contributed by atoms with Crippen LogP contribution in [0.5, 0.6) is 5.75 Å². The highest BCUT2D eigenvalue weighted by atomic mass is 35.5. The van der Waals surface area contributed by atoms with Gasteiger partial charge in [-0.2, -0.15) is 0 Å². The Hall–Kier alpha value is -1.58. The minimum atomic E-state index is -0.321. The van der Waals surface area contributed by atoms with Crippen LogP contribution in [0, 0.1) is 12.7 Å². The molecular weight excluding hydrogens is 289 g/mol. The van der Waals surface area contributed by atoms with Crippen molar-refractivity contribution < 1.29 is 9.13 Å². The van der Waals surface area contributed by atoms with E-state index in [4.69, 9.17) is 22.1 Å². The molecule has 0 saturated heterocycles. The summed E-state index contributed by atoms with van der Waals surface area (Å²) < 4.78 is 19.2. The van der Waals surface area contributed by atoms with E-state index < -0.39 is 0 Å². The molecule has 2 aromatic rings. The molecule has 2 aromatic carbocycles. The fourth-order valence-electron chi connectivity index (χ4n) is 2.12. The number of ether oxygens (including phenoxy) is 1. The van der Waals surface area contributed by atoms with Gasteiger partial charge in [-0.05, 0) is 49.6 Å². The van der Waals surface area contributed by atoms with E-state index in [1.165, 1.54) is 12.1 Å². The lowest BCUT2D eigenvalue weighted by molar-refractivity contribution is 0.304. The molecule has 0 saturated carbocycles. The second-order valence-electron chi connectivity index (χ2n) is 5.36. The van der Waals surface area contributed by atoms with Gasteiger partial charge in [0.05, 0.1) is 0 Å². The van der Waals surface area contributed by atoms with Crippen molar-refractivity contribution in [3.8, 4) is 5.75 Å². The smallest absolute Gasteiger partial charge is 0.127 e. The molecular formula is C17H19ClFNO. The summed E-state index contributed by atoms with van der Waals surface area (Å²) in [6, 6.07) is 10.4. The molecule has 0 spiro atoms. The van der Waals surface area contributed by atoms with E-state index in [0.29, 0.717) is 23.8 Å². The Kier molecular flexibility index (Phi) is 5.21. The highest BCUT2D eigenvalue weighted by Crippen LogP contribution is 2.22. The standard InChI is InChI=1S/C17H19ClFNO/c1-11-3-4-14(17(18)5-11)10-21-16-8-13(6-12(2)20)7-15(19)9-16/h3-5,7-9,12H,6,10,20H2,1-2H3. The number of hydrogen-bond donors (Lipinski definition) is 1. The quantitative estimate of drug-likeness (QED) is 0.896. The zero-order valence-electron chi connectivity index (χ0n) is 12.2. The lowest BCUT2D eigenvalue weighted by Gasteiger charge is -2.11. The molecule has 0 aliphatic rings. The molecule has 2 N–H and O–H groups in total. The molecule has 0 fully saturated rings. The zero-order valence-corrected chi connectivity index (χ0v) is 13.0. The van der Waals surface area contributed by atoms with Gasteiger partial charge in [-0.3, -0.25) is 0 Å². The molecule has 112 valence electrons. The van der Waals surface area contributed by atoms with Gasteiger partial charge in [0.1, 0.15) is 18.2 Å². The second kappa shape index (κ2) is 6.92. The fraction of sp³-hybridized carbons (Fsp3) is 0.294. The van der Waals surface area contributed by atoms with Crippen molar-refractivity contribution in [1.29, 1.82) is 0 Å². The first-order valence-corrected chi connectivity index (χ1v) is 7.24. The van der Waals surface area contributed by atoms with E-state index in [0.717, 1.165) is 16.7 Å². The van der Waals surface area contributed by atoms with Crippen molar-refractivity contribution in [2.75, 3.05) is 0 Å². The van der Waals surface area contributed by atoms with E-state index >= 15 is 0 Å². The summed E-state index contributed by atoms with van der Waals surface area (Å²) in [7, 11) is 0. The second-order valence-corrected chi connectivity index (χ2v) is 5.77. The third kappa shape index (κ3) is 4.73. The van der Waals surface area contributed by atoms with Gasteiger partial charge in [0.25, 0.3) is 0 Å². The predicted molar refractivity (Wildman–Crippen MR) is 84.3 cm³/mol. The van der Waals surface area contributed by atoms with Gasteiger partial charge in [0.15, 0.2) is 0 Å². The molecule has 0 aromatic heterocycles. The molecule has 0 heterocycles. The molecule has 0 amide bonds. The first kappa shape index (κ1) is 15.8. The van der Waals surface area contributed by atoms with Gasteiger partial charge in [-0.1, -0.05) is 23.7 Å². The Balaban J connectivity index is 2.10. The Morgan fingerprint density at radius 2 is 2.00 bits per heavy atom. The minimum absolute atomic E-state index is 0.0220. The highest BCUT2D eigenvalue weighted by Gasteiger charge is 2.06. The van der Waals surface area contributed by atoms with Crippen LogP contribution in [-0.2, 0) is 13.0 Å². The van der Waals surface area contributed by atoms with Crippen molar-refractivity contribution in [2.45, 2.75) is 32.9 Å². The fourth-order valence-corrected chi connectivity index (χ4v) is 2.41. The molecule has 0 aliphatic carbocycles. The number of nitrogens with two attached hydrogens (primary N) is 1. The Bertz CT molecular complexity index is 628. The predicted octanol–water partition coefficient (Wildman–Crippen LogP) is 4.26. The topological polar surface area (TPSA) is 35.2 Å². The van der Waals surface area contributed by atoms with Gasteiger partial charge >= 0.3 is 0 Å². The summed E-state index contributed by atoms with van der Waals surface area (Å²) in [6.07, 6.45) is 0.611. The largest absolute Gasteiger partial charge is 0.489 e. The first-order valence-electron chi connectivity index (χ1n) is 6.87. The number of halogens is 2. The molecule has 21 heavy (non-hydrogen) atoms. The van der Waals surface area contributed by atoms with Crippen LogP contribution in [-0.4, -0.2) is 6.04 Å². The maximum Gasteiger partial charge on any atom is 0.127 e. The molecule has 2 nitrogen and oxygen atoms in total. The molecule has 2 rings (SSSR count). The van der Waals surface area contributed by atoms with Crippen LogP contribution in [0.1, 0.15) is 23.6 Å². The number of benzene rings is 2. The number of rotatable bonds is 5. The normalized spacial score (nSPS) is 12.2. The van der Waals surface area contributed by atoms with Gasteiger partial charge in [0, 0.05) is 22.7 Å². The SMILES string of the molecule is Cc1ccc(COc2cc(F)cc(CC(C)N)c2)c(Cl)c1. The van der Waals surface area contributed by atoms with Crippen LogP contribution in [0.4, 0.5) is 4.39 Å². The molecule has 0 radical (unpaired) electrons. The van der Waals surface area contributed by atoms with Gasteiger partial charge in [0.2, 0.25) is 0 Å². The third-order valence-corrected chi connectivity index (χ3v) is 3.44. The van der Waals surface area contributed by atoms with E-state index in [1.54, 1.807) is 0 Å². The van der Waals surface area contributed by atoms with Gasteiger partial charge < -0.3 is 10.5 Å². The minimum Gasteiger partial charge on any atom is -0.489 e. The van der Waals surface area contributed by atoms with Gasteiger partial charge in [-0.15, -0.1) is 0 Å². The Morgan fingerprint density at radius 1 is 1.24 bits per heavy atom. The Labute approximate surface area is 129 Å². The summed E-state index contributed by atoms with van der Waals surface area (Å²) in [5.74, 6) is 0.167. The van der Waals surface area contributed by atoms with Crippen molar-refractivity contribution in [3.63, 3.8) is 0 Å². The summed E-state index contributed by atoms with van der Waals surface area (Å²) in [5.41, 5.74) is 8.54. The molecule has 1 unspecified atom stereocenters. The number of aryl methyl sites for hydroxylation is 1. The maximum atomic E-state index is 13.6. The summed E-state index contributed by atoms with van der Waals surface area (Å²) in [6.45, 7) is 4.17. The highest BCUT2D eigenvalue weighted by molar-refractivity contribution is 6.31. The first-order chi connectivity index (χ1) is 9.94. The molecule has 1 atom stereocenters. The Morgan fingerprint density at radius 3 is 2.67 bits per heavy atom. The maximum absolute atomic E-state index is 13.6. The molecule has 0 aliphatic heterocycles. The summed E-state index contributed by atoms with van der Waals surface area (Å²) in [4.78, 5) is 0. The van der Waals surface area contributed by atoms with Crippen molar-refractivity contribution in [1.82, 2.24) is 0 Å². The molecule has 4 heteroatoms. The van der Waals surface area contributed by atoms with Crippen molar-refractivity contribution in [3.05, 3.63) is 63.9 Å². The van der Waals surface area contributed by atoms with Crippen molar-refractivity contribution >= 4 is 11.6 Å². The lowest BCUT2D eigenvalue weighted by atomic mass is 10.1. The lowest BCUT2D eigenvalue weighted by Crippen LogP contribution is -2.17. The van der Waals surface area contributed by atoms with Crippen molar-refractivity contribution in [2.24, 2.45) is 5.73 Å². The summed E-state index contributed by atoms with van der Waals surface area (Å²) >= 11 is 6.16. The van der Waals surface area contributed by atoms with Crippen LogP contribution >= 0.6 is 11.6 Å². The van der Waals surface area contributed by atoms with Crippen LogP contribution in [0.25, 0.3) is 0 Å².